The largest absolute Gasteiger partial charge is 0.368 e. The summed E-state index contributed by atoms with van der Waals surface area (Å²) in [4.78, 5) is 18.2. The van der Waals surface area contributed by atoms with Gasteiger partial charge in [0.05, 0.1) is 53.3 Å². The van der Waals surface area contributed by atoms with Gasteiger partial charge in [0, 0.05) is 33.8 Å². The van der Waals surface area contributed by atoms with Crippen LogP contribution in [0.25, 0.3) is 32.3 Å². The molecular weight excluding hydrogens is 500 g/mol. The van der Waals surface area contributed by atoms with Crippen LogP contribution in [0.15, 0.2) is 84.1 Å². The van der Waals surface area contributed by atoms with Gasteiger partial charge in [-0.05, 0) is 55.0 Å². The summed E-state index contributed by atoms with van der Waals surface area (Å²) in [7, 11) is 0. The maximum absolute atomic E-state index is 10.3. The van der Waals surface area contributed by atoms with Crippen molar-refractivity contribution in [3.8, 4) is 6.07 Å². The Bertz CT molecular complexity index is 1820. The molecule has 184 valence electrons. The fourth-order valence-corrected chi connectivity index (χ4v) is 4.45. The Morgan fingerprint density at radius 2 is 1.74 bits per heavy atom. The lowest BCUT2D eigenvalue weighted by atomic mass is 9.83. The summed E-state index contributed by atoms with van der Waals surface area (Å²) in [5, 5.41) is 29.0. The number of allylic oxidation sites excluding steroid dienone is 2. The van der Waals surface area contributed by atoms with E-state index in [2.05, 4.69) is 41.6 Å². The van der Waals surface area contributed by atoms with Gasteiger partial charge in [-0.25, -0.2) is 9.83 Å². The Morgan fingerprint density at radius 3 is 2.37 bits per heavy atom. The number of carbonyl (C=O) groups excluding carboxylic acids is 1. The van der Waals surface area contributed by atoms with Crippen molar-refractivity contribution < 1.29 is 4.79 Å². The molecule has 38 heavy (non-hydrogen) atoms. The first kappa shape index (κ1) is 24.4. The fourth-order valence-electron chi connectivity index (χ4n) is 4.34. The smallest absolute Gasteiger partial charge is 0.196 e. The van der Waals surface area contributed by atoms with E-state index in [0.29, 0.717) is 33.4 Å². The van der Waals surface area contributed by atoms with Crippen molar-refractivity contribution in [1.29, 1.82) is 5.26 Å². The SMILES string of the molecule is O=Cc1ccc2[nH]ncc2c1.[C-]#[N+]C1=C(C)NC(c2ccc(Cl)nc2)=C(C#N)C1c1ccc2[nH]ncc2c1. The van der Waals surface area contributed by atoms with E-state index in [1.807, 2.05) is 31.2 Å². The van der Waals surface area contributed by atoms with Crippen LogP contribution >= 0.6 is 11.6 Å². The minimum atomic E-state index is -0.460. The van der Waals surface area contributed by atoms with E-state index < -0.39 is 5.92 Å². The first-order valence-corrected chi connectivity index (χ1v) is 11.8. The highest BCUT2D eigenvalue weighted by atomic mass is 35.5. The minimum Gasteiger partial charge on any atom is -0.368 e. The number of hydrogen-bond donors (Lipinski definition) is 3. The van der Waals surface area contributed by atoms with Crippen molar-refractivity contribution in [2.24, 2.45) is 0 Å². The summed E-state index contributed by atoms with van der Waals surface area (Å²) in [6.45, 7) is 9.49. The number of hydrogen-bond acceptors (Lipinski definition) is 6. The number of fused-ring (bicyclic) bond motifs is 2. The predicted octanol–water partition coefficient (Wildman–Crippen LogP) is 5.76. The molecule has 0 radical (unpaired) electrons. The number of nitrogens with zero attached hydrogens (tertiary/aromatic N) is 5. The quantitative estimate of drug-likeness (QED) is 0.158. The number of nitriles is 1. The number of H-pyrrole nitrogens is 2. The van der Waals surface area contributed by atoms with Gasteiger partial charge >= 0.3 is 0 Å². The van der Waals surface area contributed by atoms with E-state index in [4.69, 9.17) is 18.2 Å². The Hall–Kier alpha value is -5.25. The molecule has 0 saturated carbocycles. The summed E-state index contributed by atoms with van der Waals surface area (Å²) >= 11 is 5.89. The van der Waals surface area contributed by atoms with Crippen LogP contribution in [0.2, 0.25) is 5.15 Å². The van der Waals surface area contributed by atoms with Crippen LogP contribution in [0, 0.1) is 17.9 Å². The highest BCUT2D eigenvalue weighted by Gasteiger charge is 2.32. The maximum atomic E-state index is 10.3. The van der Waals surface area contributed by atoms with Crippen LogP contribution in [-0.4, -0.2) is 31.7 Å². The van der Waals surface area contributed by atoms with Crippen molar-refractivity contribution in [2.45, 2.75) is 12.8 Å². The average molecular weight is 519 g/mol. The lowest BCUT2D eigenvalue weighted by Gasteiger charge is -2.27. The molecule has 0 amide bonds. The third-order valence-corrected chi connectivity index (χ3v) is 6.41. The number of rotatable bonds is 3. The van der Waals surface area contributed by atoms with E-state index in [-0.39, 0.29) is 0 Å². The molecule has 1 aliphatic heterocycles. The Labute approximate surface area is 222 Å². The molecule has 3 aromatic heterocycles. The standard InChI is InChI=1S/C20H13ClN6.C8H6N2O/c1-11-19(23-2)18(12-3-5-16-14(7-12)10-25-27-16)15(8-22)20(26-11)13-4-6-17(21)24-9-13;11-5-6-1-2-8-7(3-6)4-9-10-8/h3-7,9-10,18,26H,1H3,(H,25,27);1-5H,(H,9,10). The van der Waals surface area contributed by atoms with E-state index in [9.17, 15) is 10.1 Å². The molecule has 0 fully saturated rings. The molecule has 1 atom stereocenters. The minimum absolute atomic E-state index is 0.379. The fraction of sp³-hybridized carbons (Fsp3) is 0.0714. The molecule has 2 aromatic carbocycles. The summed E-state index contributed by atoms with van der Waals surface area (Å²) < 4.78 is 0. The number of nitrogens with one attached hydrogen (secondary N) is 3. The second-order valence-electron chi connectivity index (χ2n) is 8.50. The average Bonchev–Trinajstić information content (AvgIpc) is 3.61. The van der Waals surface area contributed by atoms with Crippen LogP contribution in [0.1, 0.15) is 34.3 Å². The normalized spacial score (nSPS) is 14.9. The Morgan fingerprint density at radius 1 is 1.03 bits per heavy atom. The third-order valence-electron chi connectivity index (χ3n) is 6.18. The Kier molecular flexibility index (Phi) is 6.68. The maximum Gasteiger partial charge on any atom is 0.196 e. The molecule has 3 N–H and O–H groups in total. The first-order valence-electron chi connectivity index (χ1n) is 11.4. The van der Waals surface area contributed by atoms with Gasteiger partial charge in [-0.2, -0.15) is 15.5 Å². The lowest BCUT2D eigenvalue weighted by molar-refractivity contribution is 0.112. The highest BCUT2D eigenvalue weighted by molar-refractivity contribution is 6.29. The molecular formula is C28H19ClN8O. The molecule has 0 aliphatic carbocycles. The van der Waals surface area contributed by atoms with Crippen LogP contribution in [0.5, 0.6) is 0 Å². The summed E-state index contributed by atoms with van der Waals surface area (Å²) in [5.41, 5.74) is 6.48. The molecule has 0 saturated heterocycles. The number of halogens is 1. The van der Waals surface area contributed by atoms with Gasteiger partial charge in [0.2, 0.25) is 0 Å². The summed E-state index contributed by atoms with van der Waals surface area (Å²) in [6, 6.07) is 17.0. The van der Waals surface area contributed by atoms with Gasteiger partial charge in [0.1, 0.15) is 11.4 Å². The van der Waals surface area contributed by atoms with Gasteiger partial charge < -0.3 is 5.32 Å². The third kappa shape index (κ3) is 4.62. The monoisotopic (exact) mass is 518 g/mol. The molecule has 9 nitrogen and oxygen atoms in total. The van der Waals surface area contributed by atoms with Gasteiger partial charge in [0.25, 0.3) is 0 Å². The van der Waals surface area contributed by atoms with Crippen LogP contribution in [0.3, 0.4) is 0 Å². The first-order chi connectivity index (χ1) is 18.5. The predicted molar refractivity (Wildman–Crippen MR) is 145 cm³/mol. The summed E-state index contributed by atoms with van der Waals surface area (Å²) in [5.74, 6) is -0.460. The van der Waals surface area contributed by atoms with Crippen LogP contribution in [0.4, 0.5) is 0 Å². The molecule has 10 heteroatoms. The molecule has 1 aliphatic rings. The van der Waals surface area contributed by atoms with Gasteiger partial charge in [-0.15, -0.1) is 0 Å². The number of aldehydes is 1. The van der Waals surface area contributed by atoms with Gasteiger partial charge in [-0.1, -0.05) is 17.7 Å². The number of carbonyl (C=O) groups is 1. The number of aromatic amines is 2. The Balaban J connectivity index is 0.000000222. The van der Waals surface area contributed by atoms with Gasteiger partial charge in [-0.3, -0.25) is 15.0 Å². The van der Waals surface area contributed by atoms with E-state index in [1.54, 1.807) is 42.9 Å². The number of pyridine rings is 1. The topological polar surface area (TPSA) is 127 Å². The molecule has 5 aromatic rings. The highest BCUT2D eigenvalue weighted by Crippen LogP contribution is 2.41. The summed E-state index contributed by atoms with van der Waals surface area (Å²) in [6.07, 6.45) is 5.87. The zero-order valence-electron chi connectivity index (χ0n) is 20.0. The molecule has 0 bridgehead atoms. The molecule has 6 rings (SSSR count). The van der Waals surface area contributed by atoms with E-state index >= 15 is 0 Å². The van der Waals surface area contributed by atoms with Crippen molar-refractivity contribution in [2.75, 3.05) is 0 Å². The second kappa shape index (κ2) is 10.4. The van der Waals surface area contributed by atoms with Crippen LogP contribution in [-0.2, 0) is 0 Å². The van der Waals surface area contributed by atoms with E-state index in [0.717, 1.165) is 39.2 Å². The van der Waals surface area contributed by atoms with Crippen LogP contribution < -0.4 is 5.32 Å². The van der Waals surface area contributed by atoms with E-state index in [1.165, 1.54) is 0 Å². The van der Waals surface area contributed by atoms with Crippen molar-refractivity contribution in [3.05, 3.63) is 117 Å². The zero-order valence-corrected chi connectivity index (χ0v) is 20.8. The number of aromatic nitrogens is 5. The molecule has 0 spiro atoms. The zero-order chi connectivity index (χ0) is 26.6. The number of benzene rings is 2. The molecule has 4 heterocycles. The lowest BCUT2D eigenvalue weighted by Crippen LogP contribution is -2.23. The van der Waals surface area contributed by atoms with Crippen molar-refractivity contribution in [1.82, 2.24) is 30.7 Å². The number of dihydropyridines is 1. The second-order valence-corrected chi connectivity index (χ2v) is 8.89. The van der Waals surface area contributed by atoms with Gasteiger partial charge in [0.15, 0.2) is 5.70 Å². The van der Waals surface area contributed by atoms with Crippen molar-refractivity contribution >= 4 is 45.4 Å². The molecule has 1 unspecified atom stereocenters. The van der Waals surface area contributed by atoms with Crippen molar-refractivity contribution in [3.63, 3.8) is 0 Å².